The Labute approximate surface area is 150 Å². The molecule has 2 atom stereocenters. The molecule has 0 aromatic heterocycles. The van der Waals surface area contributed by atoms with Crippen LogP contribution in [0.4, 0.5) is 5.69 Å². The molecule has 0 radical (unpaired) electrons. The number of nitrogens with zero attached hydrogens (tertiary/aromatic N) is 1. The van der Waals surface area contributed by atoms with Crippen LogP contribution < -0.4 is 4.90 Å². The Morgan fingerprint density at radius 1 is 1.04 bits per heavy atom. The van der Waals surface area contributed by atoms with Gasteiger partial charge in [0.2, 0.25) is 0 Å². The molecule has 7 nitrogen and oxygen atoms in total. The largest absolute Gasteiger partial charge is 0.360 e. The van der Waals surface area contributed by atoms with Crippen LogP contribution in [-0.4, -0.2) is 41.3 Å². The molecular weight excluding hydrogens is 420 g/mol. The molecule has 0 saturated carbocycles. The maximum atomic E-state index is 13.1. The van der Waals surface area contributed by atoms with E-state index in [0.717, 1.165) is 15.7 Å². The second-order valence-electron chi connectivity index (χ2n) is 5.36. The van der Waals surface area contributed by atoms with Crippen LogP contribution in [0.5, 0.6) is 0 Å². The third-order valence-electron chi connectivity index (χ3n) is 4.37. The van der Waals surface area contributed by atoms with Gasteiger partial charge in [0.1, 0.15) is 5.78 Å². The van der Waals surface area contributed by atoms with Gasteiger partial charge in [-0.15, -0.1) is 0 Å². The Balaban J connectivity index is 2.64. The van der Waals surface area contributed by atoms with Crippen LogP contribution in [0.15, 0.2) is 22.7 Å². The molecule has 1 aromatic carbocycles. The molecule has 0 saturated heterocycles. The van der Waals surface area contributed by atoms with Crippen molar-refractivity contribution in [2.24, 2.45) is 0 Å². The zero-order valence-electron chi connectivity index (χ0n) is 14.3. The highest BCUT2D eigenvalue weighted by atomic mass is 79.9. The Morgan fingerprint density at radius 3 is 2.08 bits per heavy atom. The van der Waals surface area contributed by atoms with Crippen LogP contribution >= 0.6 is 31.1 Å². The maximum Gasteiger partial charge on any atom is 0.352 e. The van der Waals surface area contributed by atoms with Gasteiger partial charge in [0, 0.05) is 45.6 Å². The van der Waals surface area contributed by atoms with Crippen LogP contribution in [0.3, 0.4) is 0 Å². The van der Waals surface area contributed by atoms with Gasteiger partial charge in [0.05, 0.1) is 5.66 Å². The Bertz CT molecular complexity index is 684. The number of rotatable bonds is 6. The van der Waals surface area contributed by atoms with Crippen molar-refractivity contribution < 1.29 is 27.2 Å². The molecule has 0 fully saturated rings. The van der Waals surface area contributed by atoms with Crippen molar-refractivity contribution in [2.45, 2.75) is 17.9 Å². The highest BCUT2D eigenvalue weighted by molar-refractivity contribution is 9.10. The van der Waals surface area contributed by atoms with E-state index in [9.17, 15) is 9.13 Å². The summed E-state index contributed by atoms with van der Waals surface area (Å²) in [7, 11) is 0.324. The molecule has 24 heavy (non-hydrogen) atoms. The van der Waals surface area contributed by atoms with Crippen LogP contribution in [0, 0.1) is 0 Å². The first-order valence-corrected chi connectivity index (χ1v) is 11.2. The minimum atomic E-state index is -3.44. The fraction of sp³-hybridized carbons (Fsp3) is 0.571. The summed E-state index contributed by atoms with van der Waals surface area (Å²) in [5, 5.41) is 0. The van der Waals surface area contributed by atoms with E-state index in [-0.39, 0.29) is 6.42 Å². The minimum absolute atomic E-state index is 0.248. The summed E-state index contributed by atoms with van der Waals surface area (Å²) >= 11 is 3.44. The molecular formula is C14H22BrNO6P2. The second kappa shape index (κ2) is 7.58. The van der Waals surface area contributed by atoms with E-state index < -0.39 is 26.6 Å². The Hall–Kier alpha value is -0.200. The quantitative estimate of drug-likeness (QED) is 0.595. The molecule has 10 heteroatoms. The van der Waals surface area contributed by atoms with Crippen molar-refractivity contribution in [2.75, 3.05) is 40.4 Å². The smallest absolute Gasteiger partial charge is 0.352 e. The fourth-order valence-corrected chi connectivity index (χ4v) is 6.91. The normalized spacial score (nSPS) is 21.7. The van der Waals surface area contributed by atoms with E-state index in [1.165, 1.54) is 28.4 Å². The van der Waals surface area contributed by atoms with Crippen molar-refractivity contribution >= 4 is 36.8 Å². The average molecular weight is 442 g/mol. The average Bonchev–Trinajstić information content (AvgIpc) is 2.60. The molecule has 136 valence electrons. The lowest BCUT2D eigenvalue weighted by atomic mass is 10.0. The highest BCUT2D eigenvalue weighted by Crippen LogP contribution is 2.68. The summed E-state index contributed by atoms with van der Waals surface area (Å²) in [6.45, 7) is 0. The van der Waals surface area contributed by atoms with Crippen molar-refractivity contribution in [3.63, 3.8) is 0 Å². The van der Waals surface area contributed by atoms with Gasteiger partial charge in [-0.2, -0.15) is 0 Å². The SMILES string of the molecule is COP(=O)(OC)C1CC(P(=O)(OC)OC)N(C)c2ccc(Br)cc21. The van der Waals surface area contributed by atoms with Crippen molar-refractivity contribution in [3.05, 3.63) is 28.2 Å². The summed E-state index contributed by atoms with van der Waals surface area (Å²) in [5.74, 6) is -0.607. The number of benzene rings is 1. The first kappa shape index (κ1) is 20.1. The van der Waals surface area contributed by atoms with Crippen LogP contribution in [0.25, 0.3) is 0 Å². The predicted octanol–water partition coefficient (Wildman–Crippen LogP) is 4.63. The molecule has 0 N–H and O–H groups in total. The standard InChI is InChI=1S/C14H22BrNO6P2/c1-16-12-7-6-10(15)8-11(12)13(23(17,19-2)20-3)9-14(16)24(18,21-4)22-5/h6-8,13-14H,9H2,1-5H3. The molecule has 2 unspecified atom stereocenters. The third-order valence-corrected chi connectivity index (χ3v) is 9.44. The molecule has 1 heterocycles. The van der Waals surface area contributed by atoms with Gasteiger partial charge in [0.25, 0.3) is 0 Å². The summed E-state index contributed by atoms with van der Waals surface area (Å²) in [4.78, 5) is 1.84. The van der Waals surface area contributed by atoms with E-state index in [1.54, 1.807) is 0 Å². The van der Waals surface area contributed by atoms with Gasteiger partial charge in [-0.1, -0.05) is 15.9 Å². The molecule has 0 bridgehead atoms. The number of hydrogen-bond donors (Lipinski definition) is 0. The maximum absolute atomic E-state index is 13.1. The van der Waals surface area contributed by atoms with E-state index in [4.69, 9.17) is 18.1 Å². The van der Waals surface area contributed by atoms with Crippen LogP contribution in [-0.2, 0) is 27.2 Å². The van der Waals surface area contributed by atoms with E-state index in [2.05, 4.69) is 15.9 Å². The summed E-state index contributed by atoms with van der Waals surface area (Å²) in [5.41, 5.74) is 0.997. The monoisotopic (exact) mass is 441 g/mol. The first-order chi connectivity index (χ1) is 11.3. The zero-order valence-corrected chi connectivity index (χ0v) is 17.6. The first-order valence-electron chi connectivity index (χ1n) is 7.21. The summed E-state index contributed by atoms with van der Waals surface area (Å²) in [6.07, 6.45) is 0.248. The van der Waals surface area contributed by atoms with Crippen molar-refractivity contribution in [1.29, 1.82) is 0 Å². The predicted molar refractivity (Wildman–Crippen MR) is 96.9 cm³/mol. The molecule has 1 aliphatic heterocycles. The summed E-state index contributed by atoms with van der Waals surface area (Å²) < 4.78 is 47.7. The van der Waals surface area contributed by atoms with Crippen molar-refractivity contribution in [1.82, 2.24) is 0 Å². The molecule has 2 rings (SSSR count). The molecule has 1 aromatic rings. The van der Waals surface area contributed by atoms with Gasteiger partial charge in [-0.3, -0.25) is 9.13 Å². The Morgan fingerprint density at radius 2 is 1.58 bits per heavy atom. The fourth-order valence-electron chi connectivity index (χ4n) is 3.05. The van der Waals surface area contributed by atoms with Crippen molar-refractivity contribution in [3.8, 4) is 0 Å². The lowest BCUT2D eigenvalue weighted by molar-refractivity contribution is 0.250. The van der Waals surface area contributed by atoms with E-state index in [0.29, 0.717) is 0 Å². The minimum Gasteiger partial charge on any atom is -0.360 e. The Kier molecular flexibility index (Phi) is 6.36. The lowest BCUT2D eigenvalue weighted by Crippen LogP contribution is -2.38. The molecule has 0 aliphatic carbocycles. The van der Waals surface area contributed by atoms with Gasteiger partial charge in [0.15, 0.2) is 0 Å². The summed E-state index contributed by atoms with van der Waals surface area (Å²) in [6, 6.07) is 5.61. The van der Waals surface area contributed by atoms with Crippen LogP contribution in [0.1, 0.15) is 17.6 Å². The van der Waals surface area contributed by atoms with Gasteiger partial charge in [-0.05, 0) is 30.2 Å². The highest BCUT2D eigenvalue weighted by Gasteiger charge is 2.49. The lowest BCUT2D eigenvalue weighted by Gasteiger charge is -2.42. The number of halogens is 1. The molecule has 1 aliphatic rings. The van der Waals surface area contributed by atoms with Gasteiger partial charge < -0.3 is 23.0 Å². The molecule has 0 amide bonds. The number of fused-ring (bicyclic) bond motifs is 1. The zero-order chi connectivity index (χ0) is 18.1. The number of hydrogen-bond acceptors (Lipinski definition) is 7. The van der Waals surface area contributed by atoms with E-state index in [1.807, 2.05) is 30.1 Å². The van der Waals surface area contributed by atoms with Crippen LogP contribution in [0.2, 0.25) is 0 Å². The topological polar surface area (TPSA) is 74.3 Å². The van der Waals surface area contributed by atoms with Gasteiger partial charge >= 0.3 is 15.2 Å². The second-order valence-corrected chi connectivity index (χ2v) is 11.1. The number of anilines is 1. The van der Waals surface area contributed by atoms with E-state index >= 15 is 0 Å². The third kappa shape index (κ3) is 3.38. The molecule has 0 spiro atoms. The van der Waals surface area contributed by atoms with Gasteiger partial charge in [-0.25, -0.2) is 0 Å².